The van der Waals surface area contributed by atoms with Crippen molar-refractivity contribution in [3.8, 4) is 0 Å². The number of anilines is 1. The van der Waals surface area contributed by atoms with Gasteiger partial charge in [-0.15, -0.1) is 0 Å². The van der Waals surface area contributed by atoms with Crippen molar-refractivity contribution in [1.29, 1.82) is 0 Å². The van der Waals surface area contributed by atoms with Crippen molar-refractivity contribution < 1.29 is 0 Å². The summed E-state index contributed by atoms with van der Waals surface area (Å²) in [4.78, 5) is 5.27. The third-order valence-electron chi connectivity index (χ3n) is 4.84. The summed E-state index contributed by atoms with van der Waals surface area (Å²) in [5, 5.41) is 3.39. The van der Waals surface area contributed by atoms with Gasteiger partial charge < -0.3 is 10.2 Å². The van der Waals surface area contributed by atoms with E-state index in [0.29, 0.717) is 6.04 Å². The first-order valence-corrected chi connectivity index (χ1v) is 8.98. The fourth-order valence-electron chi connectivity index (χ4n) is 3.69. The van der Waals surface area contributed by atoms with Crippen LogP contribution < -0.4 is 10.2 Å². The quantitative estimate of drug-likeness (QED) is 0.898. The Morgan fingerprint density at radius 2 is 2.19 bits per heavy atom. The number of benzene rings is 1. The molecule has 2 aliphatic rings. The first-order valence-electron chi connectivity index (χ1n) is 8.19. The van der Waals surface area contributed by atoms with Crippen LogP contribution in [-0.2, 0) is 6.54 Å². The number of piperazine rings is 1. The van der Waals surface area contributed by atoms with Gasteiger partial charge in [-0.2, -0.15) is 0 Å². The molecule has 3 rings (SSSR count). The summed E-state index contributed by atoms with van der Waals surface area (Å²) in [7, 11) is 0. The molecule has 2 atom stereocenters. The lowest BCUT2D eigenvalue weighted by atomic mass is 10.1. The number of fused-ring (bicyclic) bond motifs is 1. The molecule has 0 spiro atoms. The van der Waals surface area contributed by atoms with Crippen LogP contribution >= 0.6 is 15.9 Å². The molecule has 3 nitrogen and oxygen atoms in total. The molecule has 0 aliphatic carbocycles. The molecule has 0 radical (unpaired) electrons. The number of nitrogens with zero attached hydrogens (tertiary/aromatic N) is 2. The summed E-state index contributed by atoms with van der Waals surface area (Å²) in [5.41, 5.74) is 2.70. The standard InChI is InChI=1S/C17H26BrN3/c1-3-19-10-14-6-7-17(16(18)9-14)21-12-15-5-4-8-20(15)11-13(21)2/h6-7,9,13,15,19H,3-5,8,10-12H2,1-2H3. The lowest BCUT2D eigenvalue weighted by Gasteiger charge is -2.44. The Bertz CT molecular complexity index is 491. The molecular weight excluding hydrogens is 326 g/mol. The second-order valence-corrected chi connectivity index (χ2v) is 7.21. The highest BCUT2D eigenvalue weighted by atomic mass is 79.9. The normalized spacial score (nSPS) is 26.1. The van der Waals surface area contributed by atoms with E-state index < -0.39 is 0 Å². The molecule has 0 aromatic heterocycles. The van der Waals surface area contributed by atoms with Crippen molar-refractivity contribution in [2.75, 3.05) is 31.1 Å². The van der Waals surface area contributed by atoms with Crippen molar-refractivity contribution >= 4 is 21.6 Å². The molecule has 21 heavy (non-hydrogen) atoms. The van der Waals surface area contributed by atoms with E-state index in [9.17, 15) is 0 Å². The summed E-state index contributed by atoms with van der Waals surface area (Å²) in [6.45, 7) is 10.1. The van der Waals surface area contributed by atoms with E-state index >= 15 is 0 Å². The highest BCUT2D eigenvalue weighted by Crippen LogP contribution is 2.33. The smallest absolute Gasteiger partial charge is 0.0514 e. The molecule has 2 aliphatic heterocycles. The summed E-state index contributed by atoms with van der Waals surface area (Å²) < 4.78 is 1.23. The highest BCUT2D eigenvalue weighted by molar-refractivity contribution is 9.10. The summed E-state index contributed by atoms with van der Waals surface area (Å²) in [5.74, 6) is 0. The lowest BCUT2D eigenvalue weighted by Crippen LogP contribution is -2.55. The van der Waals surface area contributed by atoms with Gasteiger partial charge in [-0.25, -0.2) is 0 Å². The number of rotatable bonds is 4. The maximum absolute atomic E-state index is 3.79. The number of hydrogen-bond donors (Lipinski definition) is 1. The van der Waals surface area contributed by atoms with Gasteiger partial charge in [-0.1, -0.05) is 13.0 Å². The van der Waals surface area contributed by atoms with E-state index in [0.717, 1.165) is 19.1 Å². The second-order valence-electron chi connectivity index (χ2n) is 6.36. The van der Waals surface area contributed by atoms with Crippen molar-refractivity contribution in [2.24, 2.45) is 0 Å². The first-order chi connectivity index (χ1) is 10.2. The zero-order valence-corrected chi connectivity index (χ0v) is 14.7. The molecule has 1 N–H and O–H groups in total. The SMILES string of the molecule is CCNCc1ccc(N2CC3CCCN3CC2C)c(Br)c1. The average Bonchev–Trinajstić information content (AvgIpc) is 2.91. The van der Waals surface area contributed by atoms with Crippen LogP contribution in [0.15, 0.2) is 22.7 Å². The largest absolute Gasteiger partial charge is 0.365 e. The van der Waals surface area contributed by atoms with Gasteiger partial charge in [0.15, 0.2) is 0 Å². The van der Waals surface area contributed by atoms with E-state index in [-0.39, 0.29) is 0 Å². The fraction of sp³-hybridized carbons (Fsp3) is 0.647. The van der Waals surface area contributed by atoms with E-state index in [1.807, 2.05) is 0 Å². The van der Waals surface area contributed by atoms with Crippen molar-refractivity contribution in [3.05, 3.63) is 28.2 Å². The van der Waals surface area contributed by atoms with Crippen LogP contribution in [0.25, 0.3) is 0 Å². The zero-order chi connectivity index (χ0) is 14.8. The molecule has 1 aromatic carbocycles. The minimum atomic E-state index is 0.593. The van der Waals surface area contributed by atoms with Crippen LogP contribution in [0.4, 0.5) is 5.69 Å². The van der Waals surface area contributed by atoms with E-state index in [2.05, 4.69) is 63.1 Å². The van der Waals surface area contributed by atoms with Crippen LogP contribution in [0.2, 0.25) is 0 Å². The van der Waals surface area contributed by atoms with Gasteiger partial charge in [0.05, 0.1) is 5.69 Å². The Morgan fingerprint density at radius 3 is 2.95 bits per heavy atom. The second kappa shape index (κ2) is 6.67. The molecule has 0 bridgehead atoms. The third-order valence-corrected chi connectivity index (χ3v) is 5.47. The maximum Gasteiger partial charge on any atom is 0.0514 e. The molecular formula is C17H26BrN3. The third kappa shape index (κ3) is 3.27. The highest BCUT2D eigenvalue weighted by Gasteiger charge is 2.34. The van der Waals surface area contributed by atoms with E-state index in [1.54, 1.807) is 0 Å². The van der Waals surface area contributed by atoms with Gasteiger partial charge in [-0.05, 0) is 66.5 Å². The van der Waals surface area contributed by atoms with E-state index in [1.165, 1.54) is 48.2 Å². The molecule has 4 heteroatoms. The predicted octanol–water partition coefficient (Wildman–Crippen LogP) is 3.23. The predicted molar refractivity (Wildman–Crippen MR) is 92.9 cm³/mol. The molecule has 2 saturated heterocycles. The maximum atomic E-state index is 3.79. The van der Waals surface area contributed by atoms with Crippen LogP contribution in [0.3, 0.4) is 0 Å². The number of hydrogen-bond acceptors (Lipinski definition) is 3. The number of halogens is 1. The van der Waals surface area contributed by atoms with Gasteiger partial charge in [0.25, 0.3) is 0 Å². The van der Waals surface area contributed by atoms with Gasteiger partial charge in [0, 0.05) is 36.2 Å². The van der Waals surface area contributed by atoms with Crippen LogP contribution in [0.5, 0.6) is 0 Å². The Morgan fingerprint density at radius 1 is 1.33 bits per heavy atom. The molecule has 116 valence electrons. The Balaban J connectivity index is 1.76. The Labute approximate surface area is 136 Å². The minimum absolute atomic E-state index is 0.593. The number of nitrogens with one attached hydrogen (secondary N) is 1. The van der Waals surface area contributed by atoms with Crippen LogP contribution in [-0.4, -0.2) is 43.2 Å². The summed E-state index contributed by atoms with van der Waals surface area (Å²) in [6.07, 6.45) is 2.73. The first kappa shape index (κ1) is 15.3. The molecule has 0 amide bonds. The summed E-state index contributed by atoms with van der Waals surface area (Å²) >= 11 is 3.79. The molecule has 2 unspecified atom stereocenters. The topological polar surface area (TPSA) is 18.5 Å². The van der Waals surface area contributed by atoms with E-state index in [4.69, 9.17) is 0 Å². The fourth-order valence-corrected chi connectivity index (χ4v) is 4.34. The average molecular weight is 352 g/mol. The zero-order valence-electron chi connectivity index (χ0n) is 13.1. The molecule has 0 saturated carbocycles. The Kier molecular flexibility index (Phi) is 4.87. The van der Waals surface area contributed by atoms with Crippen molar-refractivity contribution in [2.45, 2.75) is 45.3 Å². The lowest BCUT2D eigenvalue weighted by molar-refractivity contribution is 0.203. The Hall–Kier alpha value is -0.580. The van der Waals surface area contributed by atoms with Crippen molar-refractivity contribution in [3.63, 3.8) is 0 Å². The van der Waals surface area contributed by atoms with Gasteiger partial charge in [0.1, 0.15) is 0 Å². The van der Waals surface area contributed by atoms with Gasteiger partial charge >= 0.3 is 0 Å². The molecule has 2 heterocycles. The van der Waals surface area contributed by atoms with Crippen molar-refractivity contribution in [1.82, 2.24) is 10.2 Å². The molecule has 1 aromatic rings. The van der Waals surface area contributed by atoms with Crippen LogP contribution in [0.1, 0.15) is 32.3 Å². The minimum Gasteiger partial charge on any atom is -0.365 e. The van der Waals surface area contributed by atoms with Crippen LogP contribution in [0, 0.1) is 0 Å². The monoisotopic (exact) mass is 351 g/mol. The van der Waals surface area contributed by atoms with Gasteiger partial charge in [-0.3, -0.25) is 4.90 Å². The molecule has 2 fully saturated rings. The van der Waals surface area contributed by atoms with Gasteiger partial charge in [0.2, 0.25) is 0 Å². The summed E-state index contributed by atoms with van der Waals surface area (Å²) in [6, 6.07) is 8.17.